The van der Waals surface area contributed by atoms with Crippen LogP contribution in [0, 0.1) is 6.92 Å². The molecule has 0 saturated carbocycles. The fourth-order valence-corrected chi connectivity index (χ4v) is 1.40. The molecule has 2 nitrogen and oxygen atoms in total. The number of nitrogens with two attached hydrogens (primary N) is 1. The number of hydrogen-bond acceptors (Lipinski definition) is 2. The zero-order valence-corrected chi connectivity index (χ0v) is 8.60. The molecule has 0 spiro atoms. The van der Waals surface area contributed by atoms with Crippen LogP contribution in [-0.4, -0.2) is 11.1 Å². The summed E-state index contributed by atoms with van der Waals surface area (Å²) in [5.41, 5.74) is 7.32. The normalized spacial score (nSPS) is 12.9. The zero-order valence-electron chi connectivity index (χ0n) is 7.84. The molecule has 0 fully saturated rings. The third-order valence-corrected chi connectivity index (χ3v) is 2.31. The lowest BCUT2D eigenvalue weighted by Gasteiger charge is -2.09. The van der Waals surface area contributed by atoms with Crippen molar-refractivity contribution in [2.24, 2.45) is 5.73 Å². The summed E-state index contributed by atoms with van der Waals surface area (Å²) >= 11 is 5.92. The van der Waals surface area contributed by atoms with Crippen LogP contribution in [-0.2, 0) is 6.42 Å². The van der Waals surface area contributed by atoms with E-state index in [0.717, 1.165) is 11.1 Å². The molecule has 1 aromatic rings. The maximum absolute atomic E-state index is 9.55. The number of benzene rings is 1. The van der Waals surface area contributed by atoms with Gasteiger partial charge in [-0.05, 0) is 43.5 Å². The third-order valence-electron chi connectivity index (χ3n) is 1.90. The van der Waals surface area contributed by atoms with Gasteiger partial charge in [0.1, 0.15) is 5.75 Å². The van der Waals surface area contributed by atoms with Crippen molar-refractivity contribution in [2.75, 3.05) is 0 Å². The Hall–Kier alpha value is -0.730. The van der Waals surface area contributed by atoms with Gasteiger partial charge in [0.2, 0.25) is 0 Å². The van der Waals surface area contributed by atoms with Gasteiger partial charge in [-0.15, -0.1) is 0 Å². The van der Waals surface area contributed by atoms with E-state index in [0.29, 0.717) is 11.4 Å². The first-order valence-electron chi connectivity index (χ1n) is 4.24. The van der Waals surface area contributed by atoms with Crippen molar-refractivity contribution in [3.63, 3.8) is 0 Å². The van der Waals surface area contributed by atoms with Crippen molar-refractivity contribution >= 4 is 11.6 Å². The summed E-state index contributed by atoms with van der Waals surface area (Å²) in [5, 5.41) is 10.2. The summed E-state index contributed by atoms with van der Waals surface area (Å²) in [7, 11) is 0. The molecule has 0 aliphatic rings. The Labute approximate surface area is 83.3 Å². The Morgan fingerprint density at radius 1 is 1.54 bits per heavy atom. The Morgan fingerprint density at radius 3 is 2.69 bits per heavy atom. The Morgan fingerprint density at radius 2 is 2.15 bits per heavy atom. The average Bonchev–Trinajstić information content (AvgIpc) is 1.99. The van der Waals surface area contributed by atoms with Crippen LogP contribution in [0.2, 0.25) is 5.02 Å². The monoisotopic (exact) mass is 199 g/mol. The number of phenols is 1. The number of halogens is 1. The second-order valence-electron chi connectivity index (χ2n) is 3.41. The Balaban J connectivity index is 3.01. The van der Waals surface area contributed by atoms with Gasteiger partial charge < -0.3 is 10.8 Å². The molecule has 0 amide bonds. The van der Waals surface area contributed by atoms with E-state index in [1.807, 2.05) is 13.8 Å². The van der Waals surface area contributed by atoms with Crippen LogP contribution in [0.3, 0.4) is 0 Å². The van der Waals surface area contributed by atoms with Gasteiger partial charge in [-0.3, -0.25) is 0 Å². The van der Waals surface area contributed by atoms with Gasteiger partial charge in [-0.25, -0.2) is 0 Å². The van der Waals surface area contributed by atoms with Crippen molar-refractivity contribution in [1.29, 1.82) is 0 Å². The van der Waals surface area contributed by atoms with E-state index in [9.17, 15) is 5.11 Å². The van der Waals surface area contributed by atoms with Crippen molar-refractivity contribution in [1.82, 2.24) is 0 Å². The molecule has 0 heterocycles. The quantitative estimate of drug-likeness (QED) is 0.768. The summed E-state index contributed by atoms with van der Waals surface area (Å²) in [4.78, 5) is 0. The number of aromatic hydroxyl groups is 1. The second-order valence-corrected chi connectivity index (χ2v) is 3.82. The minimum absolute atomic E-state index is 0.0321. The molecule has 0 aliphatic carbocycles. The minimum Gasteiger partial charge on any atom is -0.508 e. The SMILES string of the molecule is Cc1cc(O)c(CC(C)N)cc1Cl. The first kappa shape index (κ1) is 10.4. The highest BCUT2D eigenvalue weighted by molar-refractivity contribution is 6.31. The van der Waals surface area contributed by atoms with E-state index in [2.05, 4.69) is 0 Å². The number of aryl methyl sites for hydroxylation is 1. The number of hydrogen-bond donors (Lipinski definition) is 2. The largest absolute Gasteiger partial charge is 0.508 e. The van der Waals surface area contributed by atoms with Crippen molar-refractivity contribution < 1.29 is 5.11 Å². The predicted octanol–water partition coefficient (Wildman–Crippen LogP) is 2.24. The molecule has 3 heteroatoms. The fourth-order valence-electron chi connectivity index (χ4n) is 1.22. The van der Waals surface area contributed by atoms with Crippen LogP contribution in [0.15, 0.2) is 12.1 Å². The second kappa shape index (κ2) is 3.99. The molecule has 72 valence electrons. The van der Waals surface area contributed by atoms with E-state index < -0.39 is 0 Å². The molecule has 13 heavy (non-hydrogen) atoms. The third kappa shape index (κ3) is 2.61. The highest BCUT2D eigenvalue weighted by Gasteiger charge is 2.06. The molecule has 0 radical (unpaired) electrons. The molecule has 0 aromatic heterocycles. The molecule has 1 rings (SSSR count). The summed E-state index contributed by atoms with van der Waals surface area (Å²) in [6.45, 7) is 3.75. The van der Waals surface area contributed by atoms with Crippen LogP contribution < -0.4 is 5.73 Å². The van der Waals surface area contributed by atoms with Gasteiger partial charge >= 0.3 is 0 Å². The first-order valence-corrected chi connectivity index (χ1v) is 4.62. The predicted molar refractivity (Wildman–Crippen MR) is 55.2 cm³/mol. The topological polar surface area (TPSA) is 46.2 Å². The molecular formula is C10H14ClNO. The summed E-state index contributed by atoms with van der Waals surface area (Å²) in [6, 6.07) is 3.47. The van der Waals surface area contributed by atoms with E-state index in [1.54, 1.807) is 12.1 Å². The Kier molecular flexibility index (Phi) is 3.17. The average molecular weight is 200 g/mol. The molecule has 3 N–H and O–H groups in total. The maximum Gasteiger partial charge on any atom is 0.119 e. The lowest BCUT2D eigenvalue weighted by Crippen LogP contribution is -2.17. The first-order chi connectivity index (χ1) is 6.00. The van der Waals surface area contributed by atoms with Gasteiger partial charge in [0, 0.05) is 11.1 Å². The van der Waals surface area contributed by atoms with Gasteiger partial charge in [0.15, 0.2) is 0 Å². The molecule has 0 bridgehead atoms. The Bertz CT molecular complexity index is 310. The van der Waals surface area contributed by atoms with Gasteiger partial charge in [0.05, 0.1) is 0 Å². The molecule has 0 saturated heterocycles. The standard InChI is InChI=1S/C10H14ClNO/c1-6-3-10(13)8(4-7(2)12)5-9(6)11/h3,5,7,13H,4,12H2,1-2H3. The van der Waals surface area contributed by atoms with Crippen LogP contribution in [0.25, 0.3) is 0 Å². The minimum atomic E-state index is 0.0321. The van der Waals surface area contributed by atoms with Crippen molar-refractivity contribution in [3.05, 3.63) is 28.3 Å². The molecule has 0 aliphatic heterocycles. The van der Waals surface area contributed by atoms with E-state index in [1.165, 1.54) is 0 Å². The van der Waals surface area contributed by atoms with E-state index >= 15 is 0 Å². The summed E-state index contributed by atoms with van der Waals surface area (Å²) < 4.78 is 0. The highest BCUT2D eigenvalue weighted by Crippen LogP contribution is 2.26. The highest BCUT2D eigenvalue weighted by atomic mass is 35.5. The summed E-state index contributed by atoms with van der Waals surface area (Å²) in [6.07, 6.45) is 0.645. The lowest BCUT2D eigenvalue weighted by atomic mass is 10.0. The maximum atomic E-state index is 9.55. The smallest absolute Gasteiger partial charge is 0.119 e. The molecule has 1 aromatic carbocycles. The zero-order chi connectivity index (χ0) is 10.0. The van der Waals surface area contributed by atoms with Gasteiger partial charge in [-0.1, -0.05) is 11.6 Å². The molecular weight excluding hydrogens is 186 g/mol. The lowest BCUT2D eigenvalue weighted by molar-refractivity contribution is 0.465. The molecule has 1 atom stereocenters. The van der Waals surface area contributed by atoms with Gasteiger partial charge in [-0.2, -0.15) is 0 Å². The number of phenolic OH excluding ortho intramolecular Hbond substituents is 1. The summed E-state index contributed by atoms with van der Waals surface area (Å²) in [5.74, 6) is 0.277. The van der Waals surface area contributed by atoms with Crippen LogP contribution in [0.5, 0.6) is 5.75 Å². The molecule has 1 unspecified atom stereocenters. The van der Waals surface area contributed by atoms with Crippen LogP contribution in [0.1, 0.15) is 18.1 Å². The van der Waals surface area contributed by atoms with Crippen LogP contribution in [0.4, 0.5) is 0 Å². The van der Waals surface area contributed by atoms with E-state index in [4.69, 9.17) is 17.3 Å². The van der Waals surface area contributed by atoms with Crippen LogP contribution >= 0.6 is 11.6 Å². The van der Waals surface area contributed by atoms with Crippen molar-refractivity contribution in [2.45, 2.75) is 26.3 Å². The van der Waals surface area contributed by atoms with Gasteiger partial charge in [0.25, 0.3) is 0 Å². The van der Waals surface area contributed by atoms with Crippen molar-refractivity contribution in [3.8, 4) is 5.75 Å². The van der Waals surface area contributed by atoms with E-state index in [-0.39, 0.29) is 11.8 Å². The fraction of sp³-hybridized carbons (Fsp3) is 0.400. The number of rotatable bonds is 2.